The van der Waals surface area contributed by atoms with Gasteiger partial charge in [0.25, 0.3) is 0 Å². The van der Waals surface area contributed by atoms with Crippen molar-refractivity contribution in [1.82, 2.24) is 5.43 Å². The number of nitrogens with one attached hydrogen (secondary N) is 2. The number of hydrogen-bond acceptors (Lipinski definition) is 4. The van der Waals surface area contributed by atoms with Crippen LogP contribution in [0.25, 0.3) is 0 Å². The van der Waals surface area contributed by atoms with Crippen molar-refractivity contribution in [3.8, 4) is 5.75 Å². The zero-order valence-electron chi connectivity index (χ0n) is 14.0. The van der Waals surface area contributed by atoms with Crippen LogP contribution < -0.4 is 21.3 Å². The van der Waals surface area contributed by atoms with Gasteiger partial charge in [0.1, 0.15) is 5.75 Å². The summed E-state index contributed by atoms with van der Waals surface area (Å²) in [4.78, 5) is 12.0. The SMILES string of the molecule is COc1ccc(CCCC(=O)Nc2ccc(CCNN)cc2)cc1. The van der Waals surface area contributed by atoms with Gasteiger partial charge in [-0.25, -0.2) is 0 Å². The Hall–Kier alpha value is -2.37. The van der Waals surface area contributed by atoms with E-state index in [2.05, 4.69) is 10.7 Å². The Kier molecular flexibility index (Phi) is 7.26. The van der Waals surface area contributed by atoms with E-state index < -0.39 is 0 Å². The van der Waals surface area contributed by atoms with Crippen LogP contribution in [0, 0.1) is 0 Å². The molecule has 0 spiro atoms. The molecule has 2 aromatic rings. The van der Waals surface area contributed by atoms with E-state index >= 15 is 0 Å². The molecule has 0 aliphatic rings. The molecule has 0 unspecified atom stereocenters. The van der Waals surface area contributed by atoms with Crippen LogP contribution in [0.2, 0.25) is 0 Å². The van der Waals surface area contributed by atoms with Gasteiger partial charge in [0, 0.05) is 18.7 Å². The maximum Gasteiger partial charge on any atom is 0.224 e. The number of rotatable bonds is 9. The number of hydrogen-bond donors (Lipinski definition) is 3. The number of aryl methyl sites for hydroxylation is 1. The normalized spacial score (nSPS) is 10.4. The molecular weight excluding hydrogens is 302 g/mol. The summed E-state index contributed by atoms with van der Waals surface area (Å²) in [6.07, 6.45) is 3.07. The Balaban J connectivity index is 1.72. The van der Waals surface area contributed by atoms with Gasteiger partial charge in [-0.15, -0.1) is 0 Å². The fourth-order valence-electron chi connectivity index (χ4n) is 2.44. The summed E-state index contributed by atoms with van der Waals surface area (Å²) in [5, 5.41) is 2.93. The van der Waals surface area contributed by atoms with Gasteiger partial charge in [-0.05, 0) is 54.7 Å². The van der Waals surface area contributed by atoms with E-state index in [1.165, 1.54) is 11.1 Å². The molecule has 0 aromatic heterocycles. The predicted octanol–water partition coefficient (Wildman–Crippen LogP) is 2.66. The molecule has 2 rings (SSSR count). The van der Waals surface area contributed by atoms with Crippen molar-refractivity contribution in [1.29, 1.82) is 0 Å². The van der Waals surface area contributed by atoms with Crippen molar-refractivity contribution in [2.75, 3.05) is 19.0 Å². The number of anilines is 1. The molecule has 0 saturated carbocycles. The quantitative estimate of drug-likeness (QED) is 0.489. The number of hydrazine groups is 1. The fraction of sp³-hybridized carbons (Fsp3) is 0.316. The number of carbonyl (C=O) groups is 1. The number of carbonyl (C=O) groups excluding carboxylic acids is 1. The molecule has 4 N–H and O–H groups in total. The van der Waals surface area contributed by atoms with E-state index in [-0.39, 0.29) is 5.91 Å². The van der Waals surface area contributed by atoms with Gasteiger partial charge in [-0.1, -0.05) is 24.3 Å². The average Bonchev–Trinajstić information content (AvgIpc) is 2.62. The van der Waals surface area contributed by atoms with Crippen molar-refractivity contribution in [2.45, 2.75) is 25.7 Å². The standard InChI is InChI=1S/C19H25N3O2/c1-24-18-11-7-15(8-12-18)3-2-4-19(23)22-17-9-5-16(6-10-17)13-14-21-20/h5-12,21H,2-4,13-14,20H2,1H3,(H,22,23). The number of benzene rings is 2. The highest BCUT2D eigenvalue weighted by Gasteiger charge is 2.03. The largest absolute Gasteiger partial charge is 0.497 e. The average molecular weight is 327 g/mol. The molecule has 2 aromatic carbocycles. The van der Waals surface area contributed by atoms with Gasteiger partial charge in [0.2, 0.25) is 5.91 Å². The molecule has 0 radical (unpaired) electrons. The topological polar surface area (TPSA) is 76.4 Å². The minimum Gasteiger partial charge on any atom is -0.497 e. The summed E-state index contributed by atoms with van der Waals surface area (Å²) in [6.45, 7) is 0.733. The summed E-state index contributed by atoms with van der Waals surface area (Å²) >= 11 is 0. The van der Waals surface area contributed by atoms with Gasteiger partial charge in [0.15, 0.2) is 0 Å². The summed E-state index contributed by atoms with van der Waals surface area (Å²) in [6, 6.07) is 15.8. The van der Waals surface area contributed by atoms with E-state index in [4.69, 9.17) is 10.6 Å². The van der Waals surface area contributed by atoms with E-state index in [9.17, 15) is 4.79 Å². The molecule has 0 saturated heterocycles. The molecule has 0 aliphatic heterocycles. The Morgan fingerprint density at radius 1 is 1.00 bits per heavy atom. The van der Waals surface area contributed by atoms with Gasteiger partial charge < -0.3 is 10.1 Å². The molecule has 0 heterocycles. The number of ether oxygens (including phenoxy) is 1. The predicted molar refractivity (Wildman–Crippen MR) is 96.9 cm³/mol. The maximum absolute atomic E-state index is 12.0. The van der Waals surface area contributed by atoms with Crippen LogP contribution in [-0.4, -0.2) is 19.6 Å². The van der Waals surface area contributed by atoms with E-state index in [1.54, 1.807) is 7.11 Å². The number of methoxy groups -OCH3 is 1. The number of amides is 1. The minimum atomic E-state index is 0.0416. The fourth-order valence-corrected chi connectivity index (χ4v) is 2.44. The molecule has 5 nitrogen and oxygen atoms in total. The first kappa shape index (κ1) is 18.0. The summed E-state index contributed by atoms with van der Waals surface area (Å²) in [5.41, 5.74) is 5.85. The molecule has 0 bridgehead atoms. The Morgan fingerprint density at radius 2 is 1.62 bits per heavy atom. The van der Waals surface area contributed by atoms with Gasteiger partial charge in [0.05, 0.1) is 7.11 Å². The van der Waals surface area contributed by atoms with Crippen molar-refractivity contribution < 1.29 is 9.53 Å². The summed E-state index contributed by atoms with van der Waals surface area (Å²) < 4.78 is 5.13. The van der Waals surface area contributed by atoms with E-state index in [0.717, 1.165) is 37.2 Å². The molecule has 5 heteroatoms. The van der Waals surface area contributed by atoms with Crippen molar-refractivity contribution in [2.24, 2.45) is 5.84 Å². The Labute approximate surface area is 143 Å². The summed E-state index contributed by atoms with van der Waals surface area (Å²) in [5.74, 6) is 6.15. The van der Waals surface area contributed by atoms with E-state index in [0.29, 0.717) is 6.42 Å². The first-order chi connectivity index (χ1) is 11.7. The molecule has 1 amide bonds. The van der Waals surface area contributed by atoms with Crippen LogP contribution in [-0.2, 0) is 17.6 Å². The lowest BCUT2D eigenvalue weighted by Gasteiger charge is -2.07. The van der Waals surface area contributed by atoms with Crippen LogP contribution in [0.4, 0.5) is 5.69 Å². The first-order valence-electron chi connectivity index (χ1n) is 8.16. The maximum atomic E-state index is 12.0. The van der Waals surface area contributed by atoms with Crippen LogP contribution in [0.1, 0.15) is 24.0 Å². The number of nitrogens with two attached hydrogens (primary N) is 1. The second-order valence-electron chi connectivity index (χ2n) is 5.65. The van der Waals surface area contributed by atoms with Gasteiger partial charge >= 0.3 is 0 Å². The van der Waals surface area contributed by atoms with Gasteiger partial charge in [-0.3, -0.25) is 16.1 Å². The lowest BCUT2D eigenvalue weighted by atomic mass is 10.1. The second kappa shape index (κ2) is 9.70. The van der Waals surface area contributed by atoms with Crippen LogP contribution in [0.3, 0.4) is 0 Å². The lowest BCUT2D eigenvalue weighted by molar-refractivity contribution is -0.116. The molecule has 0 atom stereocenters. The van der Waals surface area contributed by atoms with Crippen LogP contribution >= 0.6 is 0 Å². The highest BCUT2D eigenvalue weighted by Crippen LogP contribution is 2.14. The monoisotopic (exact) mass is 327 g/mol. The smallest absolute Gasteiger partial charge is 0.224 e. The van der Waals surface area contributed by atoms with Crippen molar-refractivity contribution >= 4 is 11.6 Å². The zero-order valence-corrected chi connectivity index (χ0v) is 14.0. The highest BCUT2D eigenvalue weighted by atomic mass is 16.5. The molecular formula is C19H25N3O2. The molecule has 128 valence electrons. The van der Waals surface area contributed by atoms with Crippen LogP contribution in [0.15, 0.2) is 48.5 Å². The molecule has 24 heavy (non-hydrogen) atoms. The third-order valence-electron chi connectivity index (χ3n) is 3.82. The zero-order chi connectivity index (χ0) is 17.2. The summed E-state index contributed by atoms with van der Waals surface area (Å²) in [7, 11) is 1.65. The van der Waals surface area contributed by atoms with Crippen LogP contribution in [0.5, 0.6) is 5.75 Å². The third kappa shape index (κ3) is 6.02. The molecule has 0 aliphatic carbocycles. The first-order valence-corrected chi connectivity index (χ1v) is 8.16. The Morgan fingerprint density at radius 3 is 2.25 bits per heavy atom. The van der Waals surface area contributed by atoms with Gasteiger partial charge in [-0.2, -0.15) is 0 Å². The highest BCUT2D eigenvalue weighted by molar-refractivity contribution is 5.90. The van der Waals surface area contributed by atoms with Crippen molar-refractivity contribution in [3.63, 3.8) is 0 Å². The third-order valence-corrected chi connectivity index (χ3v) is 3.82. The molecule has 0 fully saturated rings. The minimum absolute atomic E-state index is 0.0416. The van der Waals surface area contributed by atoms with Crippen molar-refractivity contribution in [3.05, 3.63) is 59.7 Å². The second-order valence-corrected chi connectivity index (χ2v) is 5.65. The van der Waals surface area contributed by atoms with E-state index in [1.807, 2.05) is 48.5 Å². The lowest BCUT2D eigenvalue weighted by Crippen LogP contribution is -2.24. The Bertz CT molecular complexity index is 624.